The SMILES string of the molecule is CC1C(O)[C@H](O)[C@H](CO)O[C@H]1O[C@@H]1C(O)[C@H](O)C(CO)O[C@@H]1OCC1O[C@@H](O[C@@H]2C(CO)O[C@@H](O[C@@H]3C(CO[C@@H]4O[C@@H](C)[C@@H](O)C(O)C4O)O[C@@H](C)[C@@H](C)C3O)[C@@H](C)C2O)[C@H](O)C(O[C@H]2O[C@H](CO)[C@@H](O)C(O)C2O[C@@H]2OC(CO)[C@@H](OC3OC(CO[C@]4(C(=O)O)C[C@@H](O)[C@@H](N)C([C@H](O)[C@H](O)CO)O4)[C@H](O)[C@H](O)C3O)C(O)[C@@H]2C)[C@@H]1O. The van der Waals surface area contributed by atoms with Crippen molar-refractivity contribution in [1.29, 1.82) is 0 Å². The Labute approximate surface area is 661 Å². The molecule has 29 N–H and O–H groups in total. The maximum Gasteiger partial charge on any atom is 0.364 e. The minimum absolute atomic E-state index is 0.477. The number of hydrogen-bond acceptors (Lipinski definition) is 47. The lowest BCUT2D eigenvalue weighted by atomic mass is 9.88. The highest BCUT2D eigenvalue weighted by atomic mass is 16.8. The molecule has 48 heteroatoms. The van der Waals surface area contributed by atoms with Crippen molar-refractivity contribution in [3.05, 3.63) is 0 Å². The quantitative estimate of drug-likeness (QED) is 0.0318. The second kappa shape index (κ2) is 40.7. The molecular formula is C68H117NO47. The summed E-state index contributed by atoms with van der Waals surface area (Å²) >= 11 is 0. The molecule has 0 aliphatic carbocycles. The van der Waals surface area contributed by atoms with E-state index in [1.165, 1.54) is 27.7 Å². The molecule has 0 saturated carbocycles. The molecule has 0 bridgehead atoms. The summed E-state index contributed by atoms with van der Waals surface area (Å²) in [5.41, 5.74) is 5.96. The lowest BCUT2D eigenvalue weighted by Crippen LogP contribution is -2.68. The summed E-state index contributed by atoms with van der Waals surface area (Å²) in [4.78, 5) is 12.8. The Balaban J connectivity index is 0.897. The fraction of sp³-hybridized carbons (Fsp3) is 0.985. The van der Waals surface area contributed by atoms with E-state index in [9.17, 15) is 143 Å². The van der Waals surface area contributed by atoms with Gasteiger partial charge in [-0.25, -0.2) is 4.79 Å². The van der Waals surface area contributed by atoms with Gasteiger partial charge in [0.25, 0.3) is 5.79 Å². The minimum atomic E-state index is -2.94. The van der Waals surface area contributed by atoms with Gasteiger partial charge in [-0.05, 0) is 13.8 Å². The van der Waals surface area contributed by atoms with Gasteiger partial charge in [0, 0.05) is 30.1 Å². The number of carboxylic acid groups (broad SMARTS) is 1. The van der Waals surface area contributed by atoms with Gasteiger partial charge in [0.15, 0.2) is 50.3 Å². The molecule has 0 aromatic heterocycles. The van der Waals surface area contributed by atoms with Crippen molar-refractivity contribution in [3.63, 3.8) is 0 Å². The summed E-state index contributed by atoms with van der Waals surface area (Å²) in [6.07, 6.45) is -83.6. The molecule has 0 radical (unpaired) electrons. The smallest absolute Gasteiger partial charge is 0.364 e. The topological polar surface area (TPSA) is 765 Å². The van der Waals surface area contributed by atoms with E-state index in [1.54, 1.807) is 13.8 Å². The summed E-state index contributed by atoms with van der Waals surface area (Å²) in [5.74, 6) is -9.41. The Kier molecular flexibility index (Phi) is 33.7. The zero-order valence-corrected chi connectivity index (χ0v) is 63.8. The number of nitrogens with two attached hydrogens (primary N) is 1. The standard InChI is InChI=1S/C68H117NO47/c1-17-21(5)101-32(15-98-62-49(93)45(89)38(82)22(6)102-62)54(35(17)79)110-60-19(3)36(80)53(29(13-75)106-60)112-64-51(95)56(44(88)30(108-64)14-99-65-57(47(91)41(85)26(10-72)104-65)114-59-18(2)34(78)40(84)25(9-71)103-59)113-66-58(48(92)42(86)27(11-73)105-66)115-61-20(4)37(81)52(28(12-74)107-61)111-63-50(94)46(90)43(87)31(109-63)16-100-68(67(96)97)7-23(76)33(69)55(116-68)39(83)24(77)8-70/h17-66,70-95H,7-16,69H2,1-6H3,(H,96,97)/t17-,18?,19+,20+,21+,22+,23-,24-,25+,26?,27-,28?,29?,30?,31?,32?,33-,34?,35?,36?,37?,38-,39-,40-,41-,42-,43+,44-,45?,46+,47?,48?,49?,50?,51-,52-,53-,54-,55?,56?,57-,58?,59+,60+,61+,62-,63?,64+,65+,66-,68-/m1/s1. The minimum Gasteiger partial charge on any atom is -0.477 e. The van der Waals surface area contributed by atoms with Crippen molar-refractivity contribution in [1.82, 2.24) is 0 Å². The number of rotatable bonds is 30. The van der Waals surface area contributed by atoms with Crippen molar-refractivity contribution in [2.75, 3.05) is 59.5 Å². The van der Waals surface area contributed by atoms with Gasteiger partial charge in [-0.1, -0.05) is 27.7 Å². The number of carboxylic acids is 1. The first-order chi connectivity index (χ1) is 54.7. The van der Waals surface area contributed by atoms with E-state index in [0.717, 1.165) is 0 Å². The number of hydrogen-bond donors (Lipinski definition) is 28. The summed E-state index contributed by atoms with van der Waals surface area (Å²) < 4.78 is 114. The Morgan fingerprint density at radius 2 is 0.733 bits per heavy atom. The van der Waals surface area contributed by atoms with Crippen LogP contribution in [0.5, 0.6) is 0 Å². The average molecular weight is 1700 g/mol. The van der Waals surface area contributed by atoms with Crippen molar-refractivity contribution in [2.45, 2.75) is 336 Å². The van der Waals surface area contributed by atoms with Crippen LogP contribution in [0, 0.1) is 23.7 Å². The molecule has 10 aliphatic heterocycles. The Morgan fingerprint density at radius 3 is 1.25 bits per heavy atom. The highest BCUT2D eigenvalue weighted by Crippen LogP contribution is 2.43. The first-order valence-corrected chi connectivity index (χ1v) is 38.4. The van der Waals surface area contributed by atoms with Crippen LogP contribution in [-0.2, 0) is 94.8 Å². The van der Waals surface area contributed by atoms with Gasteiger partial charge in [0.05, 0.1) is 108 Å². The van der Waals surface area contributed by atoms with Gasteiger partial charge >= 0.3 is 5.97 Å². The molecule has 10 rings (SSSR count). The molecule has 10 fully saturated rings. The lowest BCUT2D eigenvalue weighted by molar-refractivity contribution is -0.402. The van der Waals surface area contributed by atoms with E-state index in [1.807, 2.05) is 0 Å². The third-order valence-corrected chi connectivity index (χ3v) is 23.6. The number of aliphatic carboxylic acids is 1. The third kappa shape index (κ3) is 20.0. The van der Waals surface area contributed by atoms with Gasteiger partial charge in [0.2, 0.25) is 0 Å². The van der Waals surface area contributed by atoms with Crippen molar-refractivity contribution >= 4 is 5.97 Å². The summed E-state index contributed by atoms with van der Waals surface area (Å²) in [6.45, 7) is -0.0335. The van der Waals surface area contributed by atoms with Crippen LogP contribution in [0.4, 0.5) is 0 Å². The first-order valence-electron chi connectivity index (χ1n) is 38.4. The highest BCUT2D eigenvalue weighted by molar-refractivity contribution is 5.76. The Bertz CT molecular complexity index is 3010. The zero-order chi connectivity index (χ0) is 85.5. The molecule has 10 saturated heterocycles. The van der Waals surface area contributed by atoms with E-state index in [4.69, 9.17) is 95.7 Å². The van der Waals surface area contributed by atoms with Crippen molar-refractivity contribution < 1.29 is 233 Å². The van der Waals surface area contributed by atoms with Crippen LogP contribution < -0.4 is 5.73 Å². The van der Waals surface area contributed by atoms with Gasteiger partial charge < -0.3 is 234 Å². The summed E-state index contributed by atoms with van der Waals surface area (Å²) in [5, 5.41) is 298. The second-order valence-electron chi connectivity index (χ2n) is 31.4. The van der Waals surface area contributed by atoms with Crippen LogP contribution in [-0.4, -0.2) is 491 Å². The maximum absolute atomic E-state index is 12.8. The van der Waals surface area contributed by atoms with Gasteiger partial charge in [0.1, 0.15) is 183 Å². The van der Waals surface area contributed by atoms with Crippen molar-refractivity contribution in [3.8, 4) is 0 Å². The predicted molar refractivity (Wildman–Crippen MR) is 364 cm³/mol. The molecule has 10 aliphatic rings. The number of carbonyl (C=O) groups is 1. The summed E-state index contributed by atoms with van der Waals surface area (Å²) in [7, 11) is 0. The zero-order valence-electron chi connectivity index (χ0n) is 63.8. The molecule has 0 amide bonds. The molecule has 20 unspecified atom stereocenters. The molecule has 51 atom stereocenters. The Hall–Kier alpha value is -2.37. The molecule has 0 spiro atoms. The van der Waals surface area contributed by atoms with E-state index in [-0.39, 0.29) is 0 Å². The van der Waals surface area contributed by atoms with Crippen LogP contribution in [0.1, 0.15) is 48.0 Å². The fourth-order valence-electron chi connectivity index (χ4n) is 15.7. The monoisotopic (exact) mass is 1700 g/mol. The predicted octanol–water partition coefficient (Wildman–Crippen LogP) is -16.4. The average Bonchev–Trinajstić information content (AvgIpc) is 0.770. The lowest BCUT2D eigenvalue weighted by Gasteiger charge is -2.51. The molecule has 676 valence electrons. The first kappa shape index (κ1) is 95.9. The van der Waals surface area contributed by atoms with Crippen LogP contribution in [0.3, 0.4) is 0 Å². The van der Waals surface area contributed by atoms with E-state index in [0.29, 0.717) is 0 Å². The van der Waals surface area contributed by atoms with Gasteiger partial charge in [-0.2, -0.15) is 0 Å². The van der Waals surface area contributed by atoms with Crippen molar-refractivity contribution in [2.24, 2.45) is 29.4 Å². The normalized spacial score (nSPS) is 52.5. The van der Waals surface area contributed by atoms with Crippen LogP contribution in [0.2, 0.25) is 0 Å². The molecule has 10 heterocycles. The van der Waals surface area contributed by atoms with Gasteiger partial charge in [-0.15, -0.1) is 0 Å². The molecule has 116 heavy (non-hydrogen) atoms. The van der Waals surface area contributed by atoms with Crippen LogP contribution in [0.15, 0.2) is 0 Å². The highest BCUT2D eigenvalue weighted by Gasteiger charge is 2.61. The number of aliphatic hydroxyl groups excluding tert-OH is 26. The van der Waals surface area contributed by atoms with E-state index in [2.05, 4.69) is 0 Å². The van der Waals surface area contributed by atoms with Gasteiger partial charge in [-0.3, -0.25) is 0 Å². The largest absolute Gasteiger partial charge is 0.477 e. The second-order valence-corrected chi connectivity index (χ2v) is 31.4. The molecule has 48 nitrogen and oxygen atoms in total. The van der Waals surface area contributed by atoms with Crippen LogP contribution in [0.25, 0.3) is 0 Å². The number of aliphatic hydroxyl groups is 26. The summed E-state index contributed by atoms with van der Waals surface area (Å²) in [6, 6.07) is -1.57. The number of ether oxygens (including phenoxy) is 19. The van der Waals surface area contributed by atoms with E-state index < -0.39 is 384 Å². The fourth-order valence-corrected chi connectivity index (χ4v) is 15.7. The molecule has 0 aromatic rings. The Morgan fingerprint density at radius 1 is 0.353 bits per heavy atom. The van der Waals surface area contributed by atoms with Crippen LogP contribution >= 0.6 is 0 Å². The molecular weight excluding hydrogens is 1580 g/mol. The molecule has 0 aromatic carbocycles. The van der Waals surface area contributed by atoms with E-state index >= 15 is 0 Å². The third-order valence-electron chi connectivity index (χ3n) is 23.6. The maximum atomic E-state index is 12.8.